The fourth-order valence-electron chi connectivity index (χ4n) is 2.81. The van der Waals surface area contributed by atoms with Crippen LogP contribution >= 0.6 is 23.2 Å². The summed E-state index contributed by atoms with van der Waals surface area (Å²) in [5.74, 6) is 0.715. The van der Waals surface area contributed by atoms with Gasteiger partial charge in [0.05, 0.1) is 5.69 Å². The van der Waals surface area contributed by atoms with Crippen molar-refractivity contribution in [3.63, 3.8) is 0 Å². The van der Waals surface area contributed by atoms with Gasteiger partial charge in [-0.05, 0) is 25.3 Å². The van der Waals surface area contributed by atoms with Crippen LogP contribution in [-0.4, -0.2) is 35.9 Å². The predicted octanol–water partition coefficient (Wildman–Crippen LogP) is 1.97. The van der Waals surface area contributed by atoms with Crippen LogP contribution < -0.4 is 10.2 Å². The molecule has 92 valence electrons. The number of nitrogens with zero attached hydrogens (tertiary/aromatic N) is 3. The highest BCUT2D eigenvalue weighted by molar-refractivity contribution is 6.33. The number of halogens is 2. The summed E-state index contributed by atoms with van der Waals surface area (Å²) in [4.78, 5) is 2.26. The molecule has 4 nitrogen and oxygen atoms in total. The molecule has 1 N–H and O–H groups in total. The molecule has 2 atom stereocenters. The summed E-state index contributed by atoms with van der Waals surface area (Å²) in [6.45, 7) is 3.13. The predicted molar refractivity (Wildman–Crippen MR) is 68.8 cm³/mol. The smallest absolute Gasteiger partial charge is 0.175 e. The van der Waals surface area contributed by atoms with Gasteiger partial charge in [0.25, 0.3) is 0 Å². The van der Waals surface area contributed by atoms with E-state index in [9.17, 15) is 0 Å². The molecule has 0 radical (unpaired) electrons. The van der Waals surface area contributed by atoms with Gasteiger partial charge in [0, 0.05) is 25.2 Å². The third kappa shape index (κ3) is 2.21. The fraction of sp³-hybridized carbons (Fsp3) is 0.636. The van der Waals surface area contributed by atoms with Gasteiger partial charge < -0.3 is 10.2 Å². The molecule has 2 saturated heterocycles. The Morgan fingerprint density at radius 3 is 3.00 bits per heavy atom. The molecule has 0 aromatic carbocycles. The molecule has 2 aliphatic heterocycles. The first kappa shape index (κ1) is 11.5. The number of anilines is 1. The zero-order chi connectivity index (χ0) is 11.8. The van der Waals surface area contributed by atoms with E-state index in [-0.39, 0.29) is 0 Å². The third-order valence-electron chi connectivity index (χ3n) is 3.64. The van der Waals surface area contributed by atoms with Crippen LogP contribution in [0.15, 0.2) is 6.07 Å². The third-order valence-corrected chi connectivity index (χ3v) is 4.09. The first-order chi connectivity index (χ1) is 8.24. The summed E-state index contributed by atoms with van der Waals surface area (Å²) < 4.78 is 0. The number of piperidine rings is 1. The zero-order valence-corrected chi connectivity index (χ0v) is 10.9. The van der Waals surface area contributed by atoms with E-state index in [4.69, 9.17) is 23.2 Å². The minimum absolute atomic E-state index is 0.396. The Bertz CT molecular complexity index is 412. The SMILES string of the molecule is Clc1cc(N2C[C@@H]3CCCN[C@@H]3C2)c(Cl)nn1. The fourth-order valence-corrected chi connectivity index (χ4v) is 3.16. The van der Waals surface area contributed by atoms with Crippen LogP contribution in [0.2, 0.25) is 10.3 Å². The van der Waals surface area contributed by atoms with Crippen LogP contribution in [0.4, 0.5) is 5.69 Å². The van der Waals surface area contributed by atoms with Crippen LogP contribution in [0, 0.1) is 5.92 Å². The second-order valence-electron chi connectivity index (χ2n) is 4.71. The van der Waals surface area contributed by atoms with Crippen LogP contribution in [0.5, 0.6) is 0 Å². The molecule has 0 saturated carbocycles. The second-order valence-corrected chi connectivity index (χ2v) is 5.46. The normalized spacial score (nSPS) is 28.2. The van der Waals surface area contributed by atoms with Gasteiger partial charge in [-0.15, -0.1) is 10.2 Å². The molecule has 0 aliphatic carbocycles. The summed E-state index contributed by atoms with van der Waals surface area (Å²) in [6, 6.07) is 2.38. The summed E-state index contributed by atoms with van der Waals surface area (Å²) in [6.07, 6.45) is 2.55. The highest BCUT2D eigenvalue weighted by atomic mass is 35.5. The van der Waals surface area contributed by atoms with E-state index in [1.54, 1.807) is 6.07 Å². The molecule has 0 amide bonds. The van der Waals surface area contributed by atoms with Crippen molar-refractivity contribution in [1.82, 2.24) is 15.5 Å². The van der Waals surface area contributed by atoms with Gasteiger partial charge in [0.2, 0.25) is 0 Å². The number of aromatic nitrogens is 2. The largest absolute Gasteiger partial charge is 0.367 e. The van der Waals surface area contributed by atoms with Crippen LogP contribution in [0.1, 0.15) is 12.8 Å². The maximum atomic E-state index is 6.08. The molecule has 0 bridgehead atoms. The van der Waals surface area contributed by atoms with Gasteiger partial charge in [-0.25, -0.2) is 0 Å². The molecule has 1 aromatic rings. The van der Waals surface area contributed by atoms with Crippen molar-refractivity contribution in [2.45, 2.75) is 18.9 Å². The molecule has 2 fully saturated rings. The molecule has 1 aromatic heterocycles. The summed E-state index contributed by atoms with van der Waals surface area (Å²) in [5, 5.41) is 12.0. The van der Waals surface area contributed by atoms with E-state index < -0.39 is 0 Å². The molecular formula is C11H14Cl2N4. The van der Waals surface area contributed by atoms with Crippen molar-refractivity contribution in [2.75, 3.05) is 24.5 Å². The summed E-state index contributed by atoms with van der Waals surface area (Å²) in [7, 11) is 0. The average Bonchev–Trinajstić information content (AvgIpc) is 2.75. The lowest BCUT2D eigenvalue weighted by atomic mass is 9.94. The molecule has 0 spiro atoms. The highest BCUT2D eigenvalue weighted by Crippen LogP contribution is 2.32. The molecular weight excluding hydrogens is 259 g/mol. The average molecular weight is 273 g/mol. The minimum atomic E-state index is 0.396. The van der Waals surface area contributed by atoms with Crippen molar-refractivity contribution in [2.24, 2.45) is 5.92 Å². The molecule has 3 rings (SSSR count). The molecule has 17 heavy (non-hydrogen) atoms. The Hall–Kier alpha value is -0.580. The number of fused-ring (bicyclic) bond motifs is 1. The van der Waals surface area contributed by atoms with E-state index in [0.29, 0.717) is 22.3 Å². The van der Waals surface area contributed by atoms with E-state index >= 15 is 0 Å². The van der Waals surface area contributed by atoms with Gasteiger partial charge >= 0.3 is 0 Å². The number of hydrogen-bond acceptors (Lipinski definition) is 4. The Labute approximate surface area is 110 Å². The lowest BCUT2D eigenvalue weighted by Gasteiger charge is -2.24. The second kappa shape index (κ2) is 4.59. The summed E-state index contributed by atoms with van der Waals surface area (Å²) >= 11 is 12.0. The van der Waals surface area contributed by atoms with Crippen molar-refractivity contribution in [1.29, 1.82) is 0 Å². The molecule has 3 heterocycles. The minimum Gasteiger partial charge on any atom is -0.367 e. The maximum Gasteiger partial charge on any atom is 0.175 e. The van der Waals surface area contributed by atoms with Gasteiger partial charge in [-0.1, -0.05) is 23.2 Å². The van der Waals surface area contributed by atoms with Gasteiger partial charge in [-0.3, -0.25) is 0 Å². The van der Waals surface area contributed by atoms with Crippen molar-refractivity contribution < 1.29 is 0 Å². The van der Waals surface area contributed by atoms with Gasteiger partial charge in [0.1, 0.15) is 0 Å². The van der Waals surface area contributed by atoms with Crippen molar-refractivity contribution in [3.8, 4) is 0 Å². The number of rotatable bonds is 1. The van der Waals surface area contributed by atoms with E-state index in [2.05, 4.69) is 20.4 Å². The quantitative estimate of drug-likeness (QED) is 0.849. The monoisotopic (exact) mass is 272 g/mol. The Kier molecular flexibility index (Phi) is 3.11. The first-order valence-corrected chi connectivity index (χ1v) is 6.66. The van der Waals surface area contributed by atoms with Crippen molar-refractivity contribution >= 4 is 28.9 Å². The molecule has 6 heteroatoms. The van der Waals surface area contributed by atoms with Crippen LogP contribution in [0.3, 0.4) is 0 Å². The Morgan fingerprint density at radius 2 is 2.18 bits per heavy atom. The first-order valence-electron chi connectivity index (χ1n) is 5.91. The van der Waals surface area contributed by atoms with E-state index in [1.807, 2.05) is 0 Å². The van der Waals surface area contributed by atoms with E-state index in [0.717, 1.165) is 25.3 Å². The highest BCUT2D eigenvalue weighted by Gasteiger charge is 2.35. The van der Waals surface area contributed by atoms with Gasteiger partial charge in [-0.2, -0.15) is 0 Å². The van der Waals surface area contributed by atoms with Crippen LogP contribution in [-0.2, 0) is 0 Å². The lowest BCUT2D eigenvalue weighted by molar-refractivity contribution is 0.340. The maximum absolute atomic E-state index is 6.08. The Balaban J connectivity index is 1.83. The lowest BCUT2D eigenvalue weighted by Crippen LogP contribution is -2.40. The summed E-state index contributed by atoms with van der Waals surface area (Å²) in [5.41, 5.74) is 0.905. The molecule has 2 aliphatic rings. The zero-order valence-electron chi connectivity index (χ0n) is 9.37. The van der Waals surface area contributed by atoms with Crippen LogP contribution in [0.25, 0.3) is 0 Å². The number of nitrogens with one attached hydrogen (secondary N) is 1. The Morgan fingerprint density at radius 1 is 1.29 bits per heavy atom. The van der Waals surface area contributed by atoms with E-state index in [1.165, 1.54) is 12.8 Å². The van der Waals surface area contributed by atoms with Gasteiger partial charge in [0.15, 0.2) is 10.3 Å². The number of hydrogen-bond donors (Lipinski definition) is 1. The standard InChI is InChI=1S/C11H14Cl2N4/c12-10-4-9(11(13)16-15-10)17-5-7-2-1-3-14-8(7)6-17/h4,7-8,14H,1-3,5-6H2/t7-,8+/m0/s1. The van der Waals surface area contributed by atoms with Crippen molar-refractivity contribution in [3.05, 3.63) is 16.4 Å². The molecule has 0 unspecified atom stereocenters. The topological polar surface area (TPSA) is 41.0 Å².